The van der Waals surface area contributed by atoms with E-state index < -0.39 is 17.3 Å². The molecular weight excluding hydrogens is 495 g/mol. The molecule has 214 valence electrons. The zero-order chi connectivity index (χ0) is 27.5. The molecule has 3 aliphatic rings. The highest BCUT2D eigenvalue weighted by Gasteiger charge is 2.36. The van der Waals surface area contributed by atoms with Crippen LogP contribution in [-0.4, -0.2) is 70.8 Å². The number of nitrogens with one attached hydrogen (secondary N) is 1. The van der Waals surface area contributed by atoms with E-state index in [1.807, 2.05) is 25.7 Å². The summed E-state index contributed by atoms with van der Waals surface area (Å²) in [7, 11) is 0. The molecule has 10 heteroatoms. The normalized spacial score (nSPS) is 27.8. The number of piperazine rings is 1. The lowest BCUT2D eigenvalue weighted by atomic mass is 9.83. The minimum Gasteiger partial charge on any atom is -0.393 e. The maximum absolute atomic E-state index is 13.5. The van der Waals surface area contributed by atoms with Crippen molar-refractivity contribution >= 4 is 11.7 Å². The molecule has 0 radical (unpaired) electrons. The number of carbonyl (C=O) groups is 1. The number of alkyl halides is 3. The van der Waals surface area contributed by atoms with E-state index >= 15 is 0 Å². The lowest BCUT2D eigenvalue weighted by molar-refractivity contribution is -0.141. The number of hydrogen-bond acceptors (Lipinski definition) is 6. The summed E-state index contributed by atoms with van der Waals surface area (Å²) in [5, 5.41) is 12.9. The molecule has 0 atom stereocenters. The SMILES string of the molecule is CC(C)(C)c1nc(N2CCN(CCC3CCC(NC(=O)C4CCC(O)CC4)CC3)CC2)cc(C(F)(F)F)n1. The van der Waals surface area contributed by atoms with E-state index in [0.717, 1.165) is 83.5 Å². The molecule has 4 rings (SSSR count). The molecule has 2 heterocycles. The Hall–Kier alpha value is -1.94. The van der Waals surface area contributed by atoms with Gasteiger partial charge in [-0.25, -0.2) is 9.97 Å². The molecule has 2 saturated carbocycles. The Morgan fingerprint density at radius 2 is 1.61 bits per heavy atom. The summed E-state index contributed by atoms with van der Waals surface area (Å²) in [6, 6.07) is 1.35. The third-order valence-electron chi connectivity index (χ3n) is 8.48. The van der Waals surface area contributed by atoms with Crippen molar-refractivity contribution in [2.45, 2.75) is 102 Å². The summed E-state index contributed by atoms with van der Waals surface area (Å²) >= 11 is 0. The predicted octanol–water partition coefficient (Wildman–Crippen LogP) is 4.53. The number of aliphatic hydroxyl groups excluding tert-OH is 1. The van der Waals surface area contributed by atoms with Crippen molar-refractivity contribution in [1.29, 1.82) is 0 Å². The van der Waals surface area contributed by atoms with Crippen LogP contribution in [0.3, 0.4) is 0 Å². The van der Waals surface area contributed by atoms with Gasteiger partial charge in [0.05, 0.1) is 6.10 Å². The van der Waals surface area contributed by atoms with Crippen molar-refractivity contribution in [2.75, 3.05) is 37.6 Å². The van der Waals surface area contributed by atoms with Crippen LogP contribution in [0.5, 0.6) is 0 Å². The van der Waals surface area contributed by atoms with Gasteiger partial charge < -0.3 is 15.3 Å². The van der Waals surface area contributed by atoms with Gasteiger partial charge in [0.25, 0.3) is 0 Å². The number of aromatic nitrogens is 2. The van der Waals surface area contributed by atoms with E-state index in [1.165, 1.54) is 0 Å². The van der Waals surface area contributed by atoms with Crippen molar-refractivity contribution in [3.8, 4) is 0 Å². The smallest absolute Gasteiger partial charge is 0.393 e. The van der Waals surface area contributed by atoms with Crippen molar-refractivity contribution in [3.05, 3.63) is 17.6 Å². The minimum atomic E-state index is -4.50. The van der Waals surface area contributed by atoms with E-state index in [-0.39, 0.29) is 29.8 Å². The molecule has 1 aromatic heterocycles. The fourth-order valence-electron chi connectivity index (χ4n) is 5.90. The lowest BCUT2D eigenvalue weighted by Crippen LogP contribution is -2.47. The quantitative estimate of drug-likeness (QED) is 0.553. The van der Waals surface area contributed by atoms with Crippen LogP contribution in [0.25, 0.3) is 0 Å². The molecule has 7 nitrogen and oxygen atoms in total. The summed E-state index contributed by atoms with van der Waals surface area (Å²) in [6.45, 7) is 9.38. The topological polar surface area (TPSA) is 81.6 Å². The third kappa shape index (κ3) is 7.81. The first-order valence-corrected chi connectivity index (χ1v) is 14.3. The van der Waals surface area contributed by atoms with Gasteiger partial charge in [-0.15, -0.1) is 0 Å². The third-order valence-corrected chi connectivity index (χ3v) is 8.48. The van der Waals surface area contributed by atoms with Gasteiger partial charge in [0.1, 0.15) is 17.3 Å². The van der Waals surface area contributed by atoms with E-state index in [1.54, 1.807) is 0 Å². The highest BCUT2D eigenvalue weighted by atomic mass is 19.4. The van der Waals surface area contributed by atoms with Crippen LogP contribution in [0.1, 0.15) is 90.1 Å². The highest BCUT2D eigenvalue weighted by Crippen LogP contribution is 2.33. The van der Waals surface area contributed by atoms with Crippen molar-refractivity contribution < 1.29 is 23.1 Å². The molecule has 1 amide bonds. The van der Waals surface area contributed by atoms with E-state index in [4.69, 9.17) is 0 Å². The first-order valence-electron chi connectivity index (χ1n) is 14.3. The number of rotatable bonds is 6. The molecule has 1 aromatic rings. The molecular formula is C28H44F3N5O2. The number of anilines is 1. The Morgan fingerprint density at radius 3 is 2.18 bits per heavy atom. The Labute approximate surface area is 224 Å². The van der Waals surface area contributed by atoms with Gasteiger partial charge in [0.15, 0.2) is 0 Å². The Morgan fingerprint density at radius 1 is 0.974 bits per heavy atom. The first-order chi connectivity index (χ1) is 17.9. The van der Waals surface area contributed by atoms with Crippen LogP contribution in [0, 0.1) is 11.8 Å². The molecule has 2 aliphatic carbocycles. The summed E-state index contributed by atoms with van der Waals surface area (Å²) < 4.78 is 40.4. The average molecular weight is 540 g/mol. The second-order valence-electron chi connectivity index (χ2n) is 12.5. The van der Waals surface area contributed by atoms with Gasteiger partial charge >= 0.3 is 6.18 Å². The van der Waals surface area contributed by atoms with Gasteiger partial charge in [-0.1, -0.05) is 20.8 Å². The number of nitrogens with zero attached hydrogens (tertiary/aromatic N) is 4. The standard InChI is InChI=1S/C28H44F3N5O2/c1-27(2,3)26-33-23(28(29,30)31)18-24(34-26)36-16-14-35(15-17-36)13-12-19-4-8-21(9-5-19)32-25(38)20-6-10-22(37)11-7-20/h18-22,37H,4-17H2,1-3H3,(H,32,38). The molecule has 0 unspecified atom stereocenters. The number of halogens is 3. The Kier molecular flexibility index (Phi) is 9.22. The first kappa shape index (κ1) is 29.1. The number of hydrogen-bond donors (Lipinski definition) is 2. The predicted molar refractivity (Wildman–Crippen MR) is 141 cm³/mol. The van der Waals surface area contributed by atoms with Gasteiger partial charge in [-0.3, -0.25) is 9.69 Å². The number of amides is 1. The largest absolute Gasteiger partial charge is 0.433 e. The Balaban J connectivity index is 1.20. The van der Waals surface area contributed by atoms with E-state index in [9.17, 15) is 23.1 Å². The van der Waals surface area contributed by atoms with E-state index in [0.29, 0.717) is 24.8 Å². The number of aliphatic hydroxyl groups is 1. The fraction of sp³-hybridized carbons (Fsp3) is 0.821. The highest BCUT2D eigenvalue weighted by molar-refractivity contribution is 5.79. The summed E-state index contributed by atoms with van der Waals surface area (Å²) in [5.74, 6) is 1.45. The molecule has 1 aliphatic heterocycles. The van der Waals surface area contributed by atoms with Crippen LogP contribution < -0.4 is 10.2 Å². The van der Waals surface area contributed by atoms with Gasteiger partial charge in [-0.2, -0.15) is 13.2 Å². The summed E-state index contributed by atoms with van der Waals surface area (Å²) in [4.78, 5) is 25.2. The zero-order valence-corrected chi connectivity index (χ0v) is 23.1. The van der Waals surface area contributed by atoms with Gasteiger partial charge in [0, 0.05) is 49.6 Å². The van der Waals surface area contributed by atoms with Gasteiger partial charge in [-0.05, 0) is 70.3 Å². The van der Waals surface area contributed by atoms with Crippen LogP contribution in [0.2, 0.25) is 0 Å². The molecule has 0 spiro atoms. The van der Waals surface area contributed by atoms with Gasteiger partial charge in [0.2, 0.25) is 5.91 Å². The second kappa shape index (κ2) is 12.1. The van der Waals surface area contributed by atoms with Crippen molar-refractivity contribution in [1.82, 2.24) is 20.2 Å². The second-order valence-corrected chi connectivity index (χ2v) is 12.5. The molecule has 2 N–H and O–H groups in total. The van der Waals surface area contributed by atoms with Crippen molar-refractivity contribution in [3.63, 3.8) is 0 Å². The molecule has 3 fully saturated rings. The maximum atomic E-state index is 13.5. The van der Waals surface area contributed by atoms with Crippen molar-refractivity contribution in [2.24, 2.45) is 11.8 Å². The average Bonchev–Trinajstić information content (AvgIpc) is 2.87. The molecule has 0 bridgehead atoms. The van der Waals surface area contributed by atoms with Crippen LogP contribution >= 0.6 is 0 Å². The van der Waals surface area contributed by atoms with E-state index in [2.05, 4.69) is 20.2 Å². The monoisotopic (exact) mass is 539 g/mol. The summed E-state index contributed by atoms with van der Waals surface area (Å²) in [6.07, 6.45) is 3.67. The fourth-order valence-corrected chi connectivity index (χ4v) is 5.90. The maximum Gasteiger partial charge on any atom is 0.433 e. The van der Waals surface area contributed by atoms with Crippen LogP contribution in [-0.2, 0) is 16.4 Å². The lowest BCUT2D eigenvalue weighted by Gasteiger charge is -2.37. The molecule has 1 saturated heterocycles. The Bertz CT molecular complexity index is 895. The minimum absolute atomic E-state index is 0.0530. The van der Waals surface area contributed by atoms with Crippen LogP contribution in [0.15, 0.2) is 6.07 Å². The van der Waals surface area contributed by atoms with Crippen LogP contribution in [0.4, 0.5) is 19.0 Å². The number of carbonyl (C=O) groups excluding carboxylic acids is 1. The molecule has 0 aromatic carbocycles. The summed E-state index contributed by atoms with van der Waals surface area (Å²) in [5.41, 5.74) is -1.45. The molecule has 38 heavy (non-hydrogen) atoms. The zero-order valence-electron chi connectivity index (χ0n) is 23.1.